The van der Waals surface area contributed by atoms with Crippen molar-refractivity contribution in [1.82, 2.24) is 15.1 Å². The maximum absolute atomic E-state index is 12.6. The number of piperazine rings is 1. The van der Waals surface area contributed by atoms with Gasteiger partial charge in [-0.05, 0) is 12.1 Å². The van der Waals surface area contributed by atoms with E-state index in [1.165, 1.54) is 0 Å². The molecule has 2 heterocycles. The standard InChI is InChI=1S/C16H20N4O3/c1-3-14-17-18-16(23-14)20-10-8-19(9-11-20)15(21)12-6-4-5-7-13(12)22-2/h4-7H,3,8-11H2,1-2H3. The van der Waals surface area contributed by atoms with Gasteiger partial charge in [-0.2, -0.15) is 0 Å². The molecule has 1 aliphatic heterocycles. The molecule has 0 bridgehead atoms. The van der Waals surface area contributed by atoms with Gasteiger partial charge in [0.25, 0.3) is 5.91 Å². The second-order valence-electron chi connectivity index (χ2n) is 5.31. The minimum atomic E-state index is -0.0122. The van der Waals surface area contributed by atoms with Crippen molar-refractivity contribution in [3.8, 4) is 5.75 Å². The maximum atomic E-state index is 12.6. The molecule has 1 saturated heterocycles. The Morgan fingerprint density at radius 1 is 1.22 bits per heavy atom. The molecular formula is C16H20N4O3. The molecule has 0 radical (unpaired) electrons. The lowest BCUT2D eigenvalue weighted by Gasteiger charge is -2.33. The van der Waals surface area contributed by atoms with E-state index in [1.54, 1.807) is 19.2 Å². The van der Waals surface area contributed by atoms with Crippen LogP contribution in [0.3, 0.4) is 0 Å². The van der Waals surface area contributed by atoms with Gasteiger partial charge in [-0.15, -0.1) is 5.10 Å². The largest absolute Gasteiger partial charge is 0.496 e. The summed E-state index contributed by atoms with van der Waals surface area (Å²) in [4.78, 5) is 16.5. The van der Waals surface area contributed by atoms with E-state index >= 15 is 0 Å². The van der Waals surface area contributed by atoms with Crippen LogP contribution in [0.15, 0.2) is 28.7 Å². The number of amides is 1. The predicted molar refractivity (Wildman–Crippen MR) is 84.8 cm³/mol. The number of hydrogen-bond donors (Lipinski definition) is 0. The van der Waals surface area contributed by atoms with E-state index in [0.717, 1.165) is 6.42 Å². The van der Waals surface area contributed by atoms with Gasteiger partial charge in [0.15, 0.2) is 0 Å². The first-order valence-electron chi connectivity index (χ1n) is 7.72. The van der Waals surface area contributed by atoms with E-state index in [9.17, 15) is 4.79 Å². The van der Waals surface area contributed by atoms with E-state index < -0.39 is 0 Å². The SMILES string of the molecule is CCc1nnc(N2CCN(C(=O)c3ccccc3OC)CC2)o1. The van der Waals surface area contributed by atoms with Crippen LogP contribution in [0.25, 0.3) is 0 Å². The third kappa shape index (κ3) is 3.13. The van der Waals surface area contributed by atoms with E-state index in [-0.39, 0.29) is 5.91 Å². The topological polar surface area (TPSA) is 71.7 Å². The molecule has 0 unspecified atom stereocenters. The van der Waals surface area contributed by atoms with Crippen LogP contribution in [-0.4, -0.2) is 54.3 Å². The van der Waals surface area contributed by atoms with Crippen molar-refractivity contribution in [1.29, 1.82) is 0 Å². The van der Waals surface area contributed by atoms with Gasteiger partial charge in [-0.25, -0.2) is 0 Å². The minimum absolute atomic E-state index is 0.0122. The molecule has 3 rings (SSSR count). The molecule has 0 N–H and O–H groups in total. The summed E-state index contributed by atoms with van der Waals surface area (Å²) in [6, 6.07) is 7.82. The number of methoxy groups -OCH3 is 1. The van der Waals surface area contributed by atoms with Crippen molar-refractivity contribution in [2.24, 2.45) is 0 Å². The fourth-order valence-electron chi connectivity index (χ4n) is 2.61. The molecule has 1 fully saturated rings. The third-order valence-corrected chi connectivity index (χ3v) is 3.93. The van der Waals surface area contributed by atoms with Crippen molar-refractivity contribution in [3.63, 3.8) is 0 Å². The fourth-order valence-corrected chi connectivity index (χ4v) is 2.61. The molecule has 2 aromatic rings. The van der Waals surface area contributed by atoms with Gasteiger partial charge in [0.2, 0.25) is 5.89 Å². The molecule has 7 heteroatoms. The lowest BCUT2D eigenvalue weighted by molar-refractivity contribution is 0.0741. The fraction of sp³-hybridized carbons (Fsp3) is 0.438. The van der Waals surface area contributed by atoms with E-state index in [1.807, 2.05) is 28.9 Å². The zero-order valence-corrected chi connectivity index (χ0v) is 13.4. The molecule has 1 aliphatic rings. The van der Waals surface area contributed by atoms with E-state index in [4.69, 9.17) is 9.15 Å². The molecule has 1 amide bonds. The monoisotopic (exact) mass is 316 g/mol. The van der Waals surface area contributed by atoms with Gasteiger partial charge in [0.1, 0.15) is 5.75 Å². The van der Waals surface area contributed by atoms with Gasteiger partial charge in [0.05, 0.1) is 12.7 Å². The number of nitrogens with zero attached hydrogens (tertiary/aromatic N) is 4. The Hall–Kier alpha value is -2.57. The van der Waals surface area contributed by atoms with Gasteiger partial charge in [-0.1, -0.05) is 24.2 Å². The lowest BCUT2D eigenvalue weighted by Crippen LogP contribution is -2.49. The number of aryl methyl sites for hydroxylation is 1. The van der Waals surface area contributed by atoms with Crippen LogP contribution in [0.2, 0.25) is 0 Å². The van der Waals surface area contributed by atoms with Crippen LogP contribution >= 0.6 is 0 Å². The Labute approximate surface area is 134 Å². The van der Waals surface area contributed by atoms with Crippen molar-refractivity contribution in [3.05, 3.63) is 35.7 Å². The highest BCUT2D eigenvalue weighted by atomic mass is 16.5. The van der Waals surface area contributed by atoms with Crippen LogP contribution in [0, 0.1) is 0 Å². The number of para-hydroxylation sites is 1. The van der Waals surface area contributed by atoms with Gasteiger partial charge in [-0.3, -0.25) is 4.79 Å². The average Bonchev–Trinajstić information content (AvgIpc) is 3.10. The first kappa shape index (κ1) is 15.3. The molecule has 23 heavy (non-hydrogen) atoms. The van der Waals surface area contributed by atoms with E-state index in [0.29, 0.717) is 49.4 Å². The summed E-state index contributed by atoms with van der Waals surface area (Å²) >= 11 is 0. The van der Waals surface area contributed by atoms with Crippen LogP contribution in [0.5, 0.6) is 5.75 Å². The second kappa shape index (κ2) is 6.68. The van der Waals surface area contributed by atoms with Gasteiger partial charge < -0.3 is 19.0 Å². The number of benzene rings is 1. The summed E-state index contributed by atoms with van der Waals surface area (Å²) in [5, 5.41) is 8.03. The molecule has 0 atom stereocenters. The quantitative estimate of drug-likeness (QED) is 0.853. The summed E-state index contributed by atoms with van der Waals surface area (Å²) in [7, 11) is 1.57. The van der Waals surface area contributed by atoms with Gasteiger partial charge in [0, 0.05) is 32.6 Å². The molecule has 1 aromatic heterocycles. The van der Waals surface area contributed by atoms with Crippen molar-refractivity contribution in [2.45, 2.75) is 13.3 Å². The van der Waals surface area contributed by atoms with Crippen LogP contribution in [0.4, 0.5) is 6.01 Å². The molecule has 0 aliphatic carbocycles. The zero-order valence-electron chi connectivity index (χ0n) is 13.4. The van der Waals surface area contributed by atoms with Crippen LogP contribution in [0.1, 0.15) is 23.2 Å². The summed E-state index contributed by atoms with van der Waals surface area (Å²) in [6.07, 6.45) is 0.721. The van der Waals surface area contributed by atoms with Crippen LogP contribution < -0.4 is 9.64 Å². The van der Waals surface area contributed by atoms with Crippen LogP contribution in [-0.2, 0) is 6.42 Å². The Morgan fingerprint density at radius 2 is 1.96 bits per heavy atom. The zero-order chi connectivity index (χ0) is 16.2. The molecule has 0 saturated carbocycles. The third-order valence-electron chi connectivity index (χ3n) is 3.93. The Bertz CT molecular complexity index is 677. The molecule has 1 aromatic carbocycles. The number of aromatic nitrogens is 2. The second-order valence-corrected chi connectivity index (χ2v) is 5.31. The Kier molecular flexibility index (Phi) is 4.45. The van der Waals surface area contributed by atoms with Gasteiger partial charge >= 0.3 is 6.01 Å². The summed E-state index contributed by atoms with van der Waals surface area (Å²) < 4.78 is 10.8. The number of hydrogen-bond acceptors (Lipinski definition) is 6. The summed E-state index contributed by atoms with van der Waals surface area (Å²) in [6.45, 7) is 4.54. The molecular weight excluding hydrogens is 296 g/mol. The number of carbonyl (C=O) groups is 1. The maximum Gasteiger partial charge on any atom is 0.318 e. The van der Waals surface area contributed by atoms with Crippen molar-refractivity contribution >= 4 is 11.9 Å². The first-order valence-corrected chi connectivity index (χ1v) is 7.72. The van der Waals surface area contributed by atoms with E-state index in [2.05, 4.69) is 10.2 Å². The lowest BCUT2D eigenvalue weighted by atomic mass is 10.1. The molecule has 7 nitrogen and oxygen atoms in total. The summed E-state index contributed by atoms with van der Waals surface area (Å²) in [5.41, 5.74) is 0.592. The Balaban J connectivity index is 1.65. The number of ether oxygens (including phenoxy) is 1. The van der Waals surface area contributed by atoms with Crippen molar-refractivity contribution < 1.29 is 13.9 Å². The predicted octanol–water partition coefficient (Wildman–Crippen LogP) is 1.60. The number of anilines is 1. The highest BCUT2D eigenvalue weighted by Crippen LogP contribution is 2.21. The number of rotatable bonds is 4. The minimum Gasteiger partial charge on any atom is -0.496 e. The first-order chi connectivity index (χ1) is 11.2. The molecule has 0 spiro atoms. The smallest absolute Gasteiger partial charge is 0.318 e. The highest BCUT2D eigenvalue weighted by molar-refractivity contribution is 5.97. The van der Waals surface area contributed by atoms with Crippen molar-refractivity contribution in [2.75, 3.05) is 38.2 Å². The highest BCUT2D eigenvalue weighted by Gasteiger charge is 2.26. The normalized spacial score (nSPS) is 14.9. The number of carbonyl (C=O) groups excluding carboxylic acids is 1. The average molecular weight is 316 g/mol. The Morgan fingerprint density at radius 3 is 2.61 bits per heavy atom. The molecule has 122 valence electrons. The summed E-state index contributed by atoms with van der Waals surface area (Å²) in [5.74, 6) is 1.22.